The van der Waals surface area contributed by atoms with Gasteiger partial charge in [0.1, 0.15) is 23.1 Å². The van der Waals surface area contributed by atoms with Crippen molar-refractivity contribution in [2.75, 3.05) is 51.7 Å². The third kappa shape index (κ3) is 10.3. The minimum absolute atomic E-state index is 0.0163. The summed E-state index contributed by atoms with van der Waals surface area (Å²) < 4.78 is 68.6. The molecule has 0 saturated carbocycles. The molecule has 0 bridgehead atoms. The van der Waals surface area contributed by atoms with Crippen LogP contribution in [0.4, 0.5) is 10.1 Å². The predicted octanol–water partition coefficient (Wildman–Crippen LogP) is 8.40. The van der Waals surface area contributed by atoms with Gasteiger partial charge in [-0.25, -0.2) is 17.6 Å². The monoisotopic (exact) mass is 903 g/mol. The van der Waals surface area contributed by atoms with Crippen LogP contribution >= 0.6 is 11.6 Å². The maximum Gasteiger partial charge on any atom is 0.337 e. The van der Waals surface area contributed by atoms with E-state index >= 15 is 4.39 Å². The first-order valence-electron chi connectivity index (χ1n) is 21.2. The summed E-state index contributed by atoms with van der Waals surface area (Å²) in [7, 11) is 0.513. The van der Waals surface area contributed by atoms with Gasteiger partial charge in [0, 0.05) is 36.6 Å². The molecule has 0 radical (unpaired) electrons. The summed E-state index contributed by atoms with van der Waals surface area (Å²) in [6.07, 6.45) is 4.26. The van der Waals surface area contributed by atoms with E-state index in [9.17, 15) is 23.1 Å². The molecule has 1 unspecified atom stereocenters. The van der Waals surface area contributed by atoms with Gasteiger partial charge in [-0.15, -0.1) is 0 Å². The number of benzene rings is 4. The number of carboxylic acid groups (broad SMARTS) is 1. The van der Waals surface area contributed by atoms with Crippen molar-refractivity contribution in [1.82, 2.24) is 9.21 Å². The molecule has 4 atom stereocenters. The van der Waals surface area contributed by atoms with Crippen LogP contribution in [-0.2, 0) is 44.5 Å². The normalized spacial score (nSPS) is 20.0. The number of carbonyl (C=O) groups is 2. The first-order valence-corrected chi connectivity index (χ1v) is 23.2. The van der Waals surface area contributed by atoms with Crippen molar-refractivity contribution in [3.05, 3.63) is 130 Å². The molecule has 63 heavy (non-hydrogen) atoms. The highest BCUT2D eigenvalue weighted by atomic mass is 35.5. The number of esters is 1. The molecule has 336 valence electrons. The smallest absolute Gasteiger partial charge is 0.337 e. The van der Waals surface area contributed by atoms with Crippen LogP contribution < -0.4 is 19.1 Å². The number of methoxy groups -OCH3 is 3. The second-order valence-corrected chi connectivity index (χ2v) is 19.3. The summed E-state index contributed by atoms with van der Waals surface area (Å²) in [4.78, 5) is 29.8. The number of carbonyl (C=O) groups excluding carboxylic acids is 1. The Kier molecular flexibility index (Phi) is 14.3. The zero-order valence-electron chi connectivity index (χ0n) is 36.1. The van der Waals surface area contributed by atoms with Gasteiger partial charge in [-0.3, -0.25) is 9.69 Å². The summed E-state index contributed by atoms with van der Waals surface area (Å²) >= 11 is 6.46. The van der Waals surface area contributed by atoms with E-state index in [1.54, 1.807) is 68.5 Å². The number of aliphatic carboxylic acids is 1. The lowest BCUT2D eigenvalue weighted by Crippen LogP contribution is -2.56. The Morgan fingerprint density at radius 2 is 1.63 bits per heavy atom. The molecule has 4 aromatic carbocycles. The Morgan fingerprint density at radius 1 is 0.968 bits per heavy atom. The van der Waals surface area contributed by atoms with Gasteiger partial charge in [0.15, 0.2) is 6.04 Å². The summed E-state index contributed by atoms with van der Waals surface area (Å²) in [6, 6.07) is 23.7. The number of hydrogen-bond acceptors (Lipinski definition) is 10. The van der Waals surface area contributed by atoms with Gasteiger partial charge < -0.3 is 29.0 Å². The molecule has 3 aliphatic rings. The van der Waals surface area contributed by atoms with Gasteiger partial charge in [0.25, 0.3) is 0 Å². The molecule has 7 rings (SSSR count). The van der Waals surface area contributed by atoms with Gasteiger partial charge >= 0.3 is 11.9 Å². The Balaban J connectivity index is 1.14. The quantitative estimate of drug-likeness (QED) is 0.109. The van der Waals surface area contributed by atoms with Crippen molar-refractivity contribution in [2.45, 2.75) is 76.2 Å². The molecular weight excluding hydrogens is 849 g/mol. The Labute approximate surface area is 374 Å². The SMILES string of the molecule is COC(=O)c1ccc2c(c1)N([C@@H]1CCCN1C(C(=O)O)/C(F)=C/C[C@H](C)CS(=O)(=O)N(Cc1ccc(OC)cc1)Cc1ccc(OC)cc1)C[C@@]1(CCCc3cc(Cl)ccc31)CO2. The number of hydrogen-bond donors (Lipinski definition) is 1. The van der Waals surface area contributed by atoms with E-state index in [1.165, 1.54) is 17.5 Å². The average Bonchev–Trinajstić information content (AvgIpc) is 3.69. The van der Waals surface area contributed by atoms with Gasteiger partial charge in [0.2, 0.25) is 10.0 Å². The number of ether oxygens (including phenoxy) is 4. The molecule has 12 nitrogen and oxygen atoms in total. The average molecular weight is 904 g/mol. The number of aryl methyl sites for hydroxylation is 1. The number of nitrogens with zero attached hydrogens (tertiary/aromatic N) is 3. The number of anilines is 1. The maximum absolute atomic E-state index is 16.7. The first-order chi connectivity index (χ1) is 30.2. The molecule has 1 N–H and O–H groups in total. The van der Waals surface area contributed by atoms with Gasteiger partial charge in [-0.05, 0) is 121 Å². The number of rotatable bonds is 16. The fourth-order valence-electron chi connectivity index (χ4n) is 9.31. The Hall–Kier alpha value is -5.15. The fraction of sp³-hybridized carbons (Fsp3) is 0.417. The fourth-order valence-corrected chi connectivity index (χ4v) is 11.3. The summed E-state index contributed by atoms with van der Waals surface area (Å²) in [5, 5.41) is 11.4. The van der Waals surface area contributed by atoms with Crippen molar-refractivity contribution in [1.29, 1.82) is 0 Å². The minimum Gasteiger partial charge on any atom is -0.497 e. The lowest BCUT2D eigenvalue weighted by molar-refractivity contribution is -0.142. The highest BCUT2D eigenvalue weighted by molar-refractivity contribution is 7.89. The van der Waals surface area contributed by atoms with Crippen LogP contribution in [0.15, 0.2) is 96.8 Å². The first kappa shape index (κ1) is 45.9. The van der Waals surface area contributed by atoms with Crippen molar-refractivity contribution < 1.29 is 46.5 Å². The van der Waals surface area contributed by atoms with Crippen LogP contribution in [0.25, 0.3) is 0 Å². The van der Waals surface area contributed by atoms with Crippen LogP contribution in [0.1, 0.15) is 71.6 Å². The molecule has 15 heteroatoms. The van der Waals surface area contributed by atoms with E-state index in [0.717, 1.165) is 41.5 Å². The summed E-state index contributed by atoms with van der Waals surface area (Å²) in [5.74, 6) is -1.80. The lowest BCUT2D eigenvalue weighted by Gasteiger charge is -2.45. The van der Waals surface area contributed by atoms with E-state index in [4.69, 9.17) is 30.5 Å². The predicted molar refractivity (Wildman–Crippen MR) is 240 cm³/mol. The van der Waals surface area contributed by atoms with Crippen molar-refractivity contribution >= 4 is 39.3 Å². The highest BCUT2D eigenvalue weighted by Gasteiger charge is 2.47. The van der Waals surface area contributed by atoms with Crippen LogP contribution in [0, 0.1) is 5.92 Å². The van der Waals surface area contributed by atoms with Gasteiger partial charge in [-0.1, -0.05) is 54.9 Å². The van der Waals surface area contributed by atoms with Crippen LogP contribution in [0.2, 0.25) is 5.02 Å². The van der Waals surface area contributed by atoms with E-state index in [-0.39, 0.29) is 25.3 Å². The Morgan fingerprint density at radius 3 is 2.25 bits per heavy atom. The number of carboxylic acids is 1. The topological polar surface area (TPSA) is 135 Å². The van der Waals surface area contributed by atoms with E-state index in [1.807, 2.05) is 42.5 Å². The van der Waals surface area contributed by atoms with Crippen LogP contribution in [0.5, 0.6) is 17.2 Å². The standard InChI is InChI=1S/C48H55ClFN3O9S/c1-32(29-63(57,58)51(27-33-10-16-38(59-2)17-11-33)28-34-12-18-39(60-3)19-13-34)9-21-41(50)45(46(54)55)52-24-6-8-44(52)53-30-48(23-5-7-35-25-37(49)15-20-40(35)48)31-62-43-22-14-36(26-42(43)53)47(56)61-4/h10-22,25-26,32,44-45H,5-9,23-24,27-31H2,1-4H3,(H,54,55)/b41-21-/t32-,44+,45?,48-/m0/s1. The third-order valence-corrected chi connectivity index (χ3v) is 14.8. The number of halogens is 2. The molecule has 0 amide bonds. The maximum atomic E-state index is 16.7. The van der Waals surface area contributed by atoms with E-state index in [2.05, 4.69) is 4.90 Å². The molecule has 1 fully saturated rings. The van der Waals surface area contributed by atoms with Crippen LogP contribution in [0.3, 0.4) is 0 Å². The number of fused-ring (bicyclic) bond motifs is 3. The molecule has 2 heterocycles. The minimum atomic E-state index is -3.92. The molecule has 1 saturated heterocycles. The third-order valence-electron chi connectivity index (χ3n) is 12.5. The molecule has 0 aromatic heterocycles. The van der Waals surface area contributed by atoms with Gasteiger partial charge in [0.05, 0.1) is 51.1 Å². The van der Waals surface area contributed by atoms with Crippen LogP contribution in [-0.4, -0.2) is 93.7 Å². The molecule has 4 aromatic rings. The molecular formula is C48H55ClFN3O9S. The number of likely N-dealkylation sites (tertiary alicyclic amines) is 1. The Bertz CT molecular complexity index is 2370. The van der Waals surface area contributed by atoms with E-state index in [0.29, 0.717) is 66.1 Å². The van der Waals surface area contributed by atoms with Crippen molar-refractivity contribution in [2.24, 2.45) is 5.92 Å². The molecule has 1 spiro atoms. The zero-order valence-corrected chi connectivity index (χ0v) is 37.7. The van der Waals surface area contributed by atoms with Crippen molar-refractivity contribution in [3.8, 4) is 17.2 Å². The summed E-state index contributed by atoms with van der Waals surface area (Å²) in [5.41, 5.74) is 4.13. The number of allylic oxidation sites excluding steroid dienone is 1. The zero-order chi connectivity index (χ0) is 44.9. The molecule has 2 aliphatic heterocycles. The molecule has 1 aliphatic carbocycles. The van der Waals surface area contributed by atoms with E-state index < -0.39 is 51.3 Å². The lowest BCUT2D eigenvalue weighted by atomic mass is 9.70. The summed E-state index contributed by atoms with van der Waals surface area (Å²) in [6.45, 7) is 2.96. The van der Waals surface area contributed by atoms with Crippen molar-refractivity contribution in [3.63, 3.8) is 0 Å². The highest BCUT2D eigenvalue weighted by Crippen LogP contribution is 2.47. The second-order valence-electron chi connectivity index (χ2n) is 16.8. The largest absolute Gasteiger partial charge is 0.497 e. The number of sulfonamides is 1. The van der Waals surface area contributed by atoms with Gasteiger partial charge in [-0.2, -0.15) is 4.31 Å². The second kappa shape index (κ2) is 19.7.